The first-order valence-corrected chi connectivity index (χ1v) is 12.2. The Bertz CT molecular complexity index is 975. The first-order chi connectivity index (χ1) is 16.0. The van der Waals surface area contributed by atoms with Crippen LogP contribution in [0.5, 0.6) is 0 Å². The number of benzene rings is 3. The number of nitrogens with one attached hydrogen (secondary N) is 5. The Hall–Kier alpha value is -2.06. The van der Waals surface area contributed by atoms with Crippen molar-refractivity contribution >= 4 is 21.5 Å². The van der Waals surface area contributed by atoms with Gasteiger partial charge in [-0.25, -0.2) is 0 Å². The largest absolute Gasteiger partial charge is 0.323 e. The molecule has 1 aliphatic rings. The maximum atomic E-state index is 6.37. The topological polar surface area (TPSA) is 86.2 Å². The third-order valence-corrected chi connectivity index (χ3v) is 6.62. The van der Waals surface area contributed by atoms with Crippen molar-refractivity contribution in [2.24, 2.45) is 5.73 Å². The van der Waals surface area contributed by atoms with E-state index in [-0.39, 0.29) is 11.1 Å². The Morgan fingerprint density at radius 1 is 0.727 bits per heavy atom. The lowest BCUT2D eigenvalue weighted by molar-refractivity contribution is 0.311. The van der Waals surface area contributed by atoms with E-state index in [9.17, 15) is 0 Å². The molecule has 178 valence electrons. The lowest BCUT2D eigenvalue weighted by Crippen LogP contribution is -2.58. The molecule has 0 spiro atoms. The molecule has 0 saturated carbocycles. The van der Waals surface area contributed by atoms with Crippen molar-refractivity contribution in [1.82, 2.24) is 26.6 Å². The second kappa shape index (κ2) is 10.9. The van der Waals surface area contributed by atoms with E-state index in [1.54, 1.807) is 0 Å². The van der Waals surface area contributed by atoms with Crippen molar-refractivity contribution in [3.05, 3.63) is 60.2 Å². The predicted octanol–water partition coefficient (Wildman–Crippen LogP) is 1.93. The third kappa shape index (κ3) is 6.51. The molecule has 33 heavy (non-hydrogen) atoms. The SMILES string of the molecule is CC1(N)CNCCNCC(C)(NCc2c3ccccc3cc3ccccc23)CNCCNC1. The van der Waals surface area contributed by atoms with Gasteiger partial charge in [-0.05, 0) is 47.0 Å². The van der Waals surface area contributed by atoms with Gasteiger partial charge in [-0.1, -0.05) is 48.5 Å². The average Bonchev–Trinajstić information content (AvgIpc) is 2.81. The highest BCUT2D eigenvalue weighted by Gasteiger charge is 2.24. The van der Waals surface area contributed by atoms with E-state index in [0.717, 1.165) is 58.9 Å². The van der Waals surface area contributed by atoms with E-state index < -0.39 is 0 Å². The van der Waals surface area contributed by atoms with E-state index >= 15 is 0 Å². The van der Waals surface area contributed by atoms with Crippen LogP contribution in [-0.2, 0) is 6.54 Å². The highest BCUT2D eigenvalue weighted by atomic mass is 15.1. The second-order valence-corrected chi connectivity index (χ2v) is 10.1. The first kappa shape index (κ1) is 24.1. The number of fused-ring (bicyclic) bond motifs is 2. The zero-order valence-corrected chi connectivity index (χ0v) is 20.1. The maximum Gasteiger partial charge on any atom is 0.0406 e. The molecule has 1 heterocycles. The summed E-state index contributed by atoms with van der Waals surface area (Å²) in [6, 6.07) is 19.7. The van der Waals surface area contributed by atoms with Gasteiger partial charge in [-0.2, -0.15) is 0 Å². The summed E-state index contributed by atoms with van der Waals surface area (Å²) in [5.74, 6) is 0. The van der Waals surface area contributed by atoms with Crippen molar-refractivity contribution < 1.29 is 0 Å². The summed E-state index contributed by atoms with van der Waals surface area (Å²) >= 11 is 0. The molecule has 0 unspecified atom stereocenters. The number of hydrogen-bond acceptors (Lipinski definition) is 6. The Labute approximate surface area is 198 Å². The van der Waals surface area contributed by atoms with Gasteiger partial charge in [0.2, 0.25) is 0 Å². The molecule has 1 fully saturated rings. The maximum absolute atomic E-state index is 6.37. The molecule has 1 saturated heterocycles. The van der Waals surface area contributed by atoms with Gasteiger partial charge in [-0.15, -0.1) is 0 Å². The van der Waals surface area contributed by atoms with Crippen molar-refractivity contribution in [3.8, 4) is 0 Å². The predicted molar refractivity (Wildman–Crippen MR) is 141 cm³/mol. The van der Waals surface area contributed by atoms with Crippen LogP contribution in [0.4, 0.5) is 0 Å². The lowest BCUT2D eigenvalue weighted by atomic mass is 9.95. The molecule has 0 radical (unpaired) electrons. The quantitative estimate of drug-likeness (QED) is 0.344. The highest BCUT2D eigenvalue weighted by molar-refractivity contribution is 6.02. The summed E-state index contributed by atoms with van der Waals surface area (Å²) in [6.07, 6.45) is 0. The van der Waals surface area contributed by atoms with Crippen LogP contribution >= 0.6 is 0 Å². The molecule has 4 rings (SSSR count). The van der Waals surface area contributed by atoms with E-state index in [1.165, 1.54) is 27.1 Å². The van der Waals surface area contributed by atoms with Crippen LogP contribution in [0.1, 0.15) is 19.4 Å². The molecule has 6 nitrogen and oxygen atoms in total. The summed E-state index contributed by atoms with van der Waals surface area (Å²) in [6.45, 7) is 12.3. The fourth-order valence-corrected chi connectivity index (χ4v) is 4.68. The molecule has 6 heteroatoms. The van der Waals surface area contributed by atoms with Crippen LogP contribution in [-0.4, -0.2) is 63.4 Å². The number of nitrogens with two attached hydrogens (primary N) is 1. The van der Waals surface area contributed by atoms with Gasteiger partial charge in [0.1, 0.15) is 0 Å². The summed E-state index contributed by atoms with van der Waals surface area (Å²) in [7, 11) is 0. The van der Waals surface area contributed by atoms with Crippen LogP contribution < -0.4 is 32.3 Å². The van der Waals surface area contributed by atoms with Gasteiger partial charge in [0, 0.05) is 70.0 Å². The Morgan fingerprint density at radius 2 is 1.18 bits per heavy atom. The second-order valence-electron chi connectivity index (χ2n) is 10.1. The molecule has 0 aliphatic carbocycles. The van der Waals surface area contributed by atoms with Gasteiger partial charge in [0.05, 0.1) is 0 Å². The Morgan fingerprint density at radius 3 is 1.70 bits per heavy atom. The van der Waals surface area contributed by atoms with Crippen LogP contribution in [0.25, 0.3) is 21.5 Å². The number of hydrogen-bond donors (Lipinski definition) is 6. The summed E-state index contributed by atoms with van der Waals surface area (Å²) in [5, 5.41) is 23.4. The first-order valence-electron chi connectivity index (χ1n) is 12.2. The van der Waals surface area contributed by atoms with Crippen molar-refractivity contribution in [1.29, 1.82) is 0 Å². The minimum absolute atomic E-state index is 0.0788. The molecular formula is C27H40N6. The van der Waals surface area contributed by atoms with E-state index in [2.05, 4.69) is 95.0 Å². The molecule has 0 amide bonds. The van der Waals surface area contributed by atoms with Crippen LogP contribution in [0.15, 0.2) is 54.6 Å². The standard InChI is InChI=1S/C27H40N6/c1-26(28)17-29-11-13-31-19-27(2,20-32-14-12-30-18-26)33-16-25-23-9-5-3-7-21(23)15-22-8-4-6-10-24(22)25/h3-10,15,29-33H,11-14,16-20,28H2,1-2H3. The van der Waals surface area contributed by atoms with Gasteiger partial charge in [0.15, 0.2) is 0 Å². The van der Waals surface area contributed by atoms with Gasteiger partial charge < -0.3 is 32.3 Å². The van der Waals surface area contributed by atoms with E-state index in [1.807, 2.05) is 0 Å². The Kier molecular flexibility index (Phi) is 7.96. The summed E-state index contributed by atoms with van der Waals surface area (Å²) in [4.78, 5) is 0. The summed E-state index contributed by atoms with van der Waals surface area (Å²) in [5.41, 5.74) is 7.43. The average molecular weight is 449 g/mol. The molecule has 1 aliphatic heterocycles. The minimum atomic E-state index is -0.235. The summed E-state index contributed by atoms with van der Waals surface area (Å²) < 4.78 is 0. The van der Waals surface area contributed by atoms with Crippen molar-refractivity contribution in [2.75, 3.05) is 52.4 Å². The highest BCUT2D eigenvalue weighted by Crippen LogP contribution is 2.28. The molecule has 0 bridgehead atoms. The normalized spacial score (nSPS) is 26.3. The molecule has 3 aromatic rings. The van der Waals surface area contributed by atoms with Crippen molar-refractivity contribution in [3.63, 3.8) is 0 Å². The van der Waals surface area contributed by atoms with Gasteiger partial charge in [0.25, 0.3) is 0 Å². The van der Waals surface area contributed by atoms with E-state index in [4.69, 9.17) is 5.73 Å². The molecule has 0 atom stereocenters. The molecule has 3 aromatic carbocycles. The monoisotopic (exact) mass is 448 g/mol. The fraction of sp³-hybridized carbons (Fsp3) is 0.481. The minimum Gasteiger partial charge on any atom is -0.323 e. The molecule has 7 N–H and O–H groups in total. The van der Waals surface area contributed by atoms with Crippen LogP contribution in [0.2, 0.25) is 0 Å². The van der Waals surface area contributed by atoms with E-state index in [0.29, 0.717) is 0 Å². The smallest absolute Gasteiger partial charge is 0.0406 e. The van der Waals surface area contributed by atoms with Crippen LogP contribution in [0.3, 0.4) is 0 Å². The molecular weight excluding hydrogens is 408 g/mol. The fourth-order valence-electron chi connectivity index (χ4n) is 4.68. The third-order valence-electron chi connectivity index (χ3n) is 6.62. The lowest BCUT2D eigenvalue weighted by Gasteiger charge is -2.33. The van der Waals surface area contributed by atoms with Gasteiger partial charge >= 0.3 is 0 Å². The zero-order chi connectivity index (χ0) is 23.2. The van der Waals surface area contributed by atoms with Crippen molar-refractivity contribution in [2.45, 2.75) is 31.5 Å². The van der Waals surface area contributed by atoms with Crippen LogP contribution in [0, 0.1) is 0 Å². The molecule has 0 aromatic heterocycles. The van der Waals surface area contributed by atoms with Gasteiger partial charge in [-0.3, -0.25) is 0 Å². The number of rotatable bonds is 3. The zero-order valence-electron chi connectivity index (χ0n) is 20.1. The Balaban J connectivity index is 1.49.